The van der Waals surface area contributed by atoms with Gasteiger partial charge >= 0.3 is 6.03 Å². The molecule has 1 saturated heterocycles. The van der Waals surface area contributed by atoms with Gasteiger partial charge in [0.1, 0.15) is 18.3 Å². The number of aliphatic hydroxyl groups excluding tert-OH is 3. The lowest BCUT2D eigenvalue weighted by molar-refractivity contribution is -0.232. The van der Waals surface area contributed by atoms with Gasteiger partial charge in [-0.1, -0.05) is 0 Å². The minimum atomic E-state index is -2.08. The fraction of sp³-hybridized carbons (Fsp3) is 0.900. The standard InChI is InChI=1S/C10H18ClN3O7/c1-10(19)7(16)5(15)6(21-10)8(17)13(2)9(18)14(12-20)4-3-11/h5-8,15-17,19H,3-4H2,1-2H3/t5-,6+,7-,8?,10-/m1/s1. The minimum Gasteiger partial charge on any atom is -0.387 e. The van der Waals surface area contributed by atoms with E-state index in [0.717, 1.165) is 14.0 Å². The van der Waals surface area contributed by atoms with Gasteiger partial charge in [-0.05, 0) is 6.92 Å². The molecule has 1 rings (SSSR count). The highest BCUT2D eigenvalue weighted by Gasteiger charge is 2.54. The summed E-state index contributed by atoms with van der Waals surface area (Å²) in [7, 11) is 1.13. The molecule has 4 N–H and O–H groups in total. The summed E-state index contributed by atoms with van der Waals surface area (Å²) < 4.78 is 4.94. The van der Waals surface area contributed by atoms with E-state index in [0.29, 0.717) is 9.91 Å². The fourth-order valence-electron chi connectivity index (χ4n) is 1.92. The van der Waals surface area contributed by atoms with E-state index in [4.69, 9.17) is 16.3 Å². The van der Waals surface area contributed by atoms with E-state index in [1.165, 1.54) is 0 Å². The highest BCUT2D eigenvalue weighted by molar-refractivity contribution is 6.18. The number of aliphatic hydroxyl groups is 4. The number of likely N-dealkylation sites (N-methyl/N-ethyl adjacent to an activating group) is 1. The maximum absolute atomic E-state index is 11.9. The molecule has 1 unspecified atom stereocenters. The Morgan fingerprint density at radius 3 is 2.48 bits per heavy atom. The van der Waals surface area contributed by atoms with Crippen LogP contribution >= 0.6 is 11.6 Å². The minimum absolute atomic E-state index is 0.0443. The Labute approximate surface area is 125 Å². The molecular formula is C10H18ClN3O7. The van der Waals surface area contributed by atoms with Crippen molar-refractivity contribution in [3.8, 4) is 0 Å². The maximum Gasteiger partial charge on any atom is 0.344 e. The Morgan fingerprint density at radius 2 is 2.10 bits per heavy atom. The van der Waals surface area contributed by atoms with Crippen molar-refractivity contribution in [3.05, 3.63) is 4.91 Å². The number of rotatable bonds is 5. The summed E-state index contributed by atoms with van der Waals surface area (Å²) in [6, 6.07) is -0.977. The van der Waals surface area contributed by atoms with Crippen molar-refractivity contribution in [3.63, 3.8) is 0 Å². The Hall–Kier alpha value is -1.04. The Balaban J connectivity index is 2.81. The van der Waals surface area contributed by atoms with Crippen LogP contribution in [0, 0.1) is 4.91 Å². The first-order chi connectivity index (χ1) is 9.67. The molecule has 0 aromatic carbocycles. The number of carbonyl (C=O) groups excluding carboxylic acids is 1. The highest BCUT2D eigenvalue weighted by Crippen LogP contribution is 2.31. The third kappa shape index (κ3) is 3.59. The Kier molecular flexibility index (Phi) is 5.84. The zero-order valence-corrected chi connectivity index (χ0v) is 12.2. The molecule has 0 bridgehead atoms. The smallest absolute Gasteiger partial charge is 0.344 e. The number of hydrogen-bond acceptors (Lipinski definition) is 8. The van der Waals surface area contributed by atoms with Crippen LogP contribution in [0.5, 0.6) is 0 Å². The van der Waals surface area contributed by atoms with E-state index in [1.54, 1.807) is 0 Å². The van der Waals surface area contributed by atoms with E-state index in [2.05, 4.69) is 5.29 Å². The quantitative estimate of drug-likeness (QED) is 0.206. The summed E-state index contributed by atoms with van der Waals surface area (Å²) in [5.41, 5.74) is 0. The van der Waals surface area contributed by atoms with E-state index in [-0.39, 0.29) is 12.4 Å². The number of nitrogens with zero attached hydrogens (tertiary/aromatic N) is 3. The average molecular weight is 328 g/mol. The van der Waals surface area contributed by atoms with Crippen LogP contribution in [0.4, 0.5) is 4.79 Å². The molecule has 1 aliphatic heterocycles. The first-order valence-electron chi connectivity index (χ1n) is 6.05. The Morgan fingerprint density at radius 1 is 1.52 bits per heavy atom. The van der Waals surface area contributed by atoms with Crippen LogP contribution in [0.15, 0.2) is 5.29 Å². The van der Waals surface area contributed by atoms with Crippen LogP contribution < -0.4 is 0 Å². The van der Waals surface area contributed by atoms with Gasteiger partial charge in [-0.15, -0.1) is 16.5 Å². The second-order valence-corrected chi connectivity index (χ2v) is 5.15. The van der Waals surface area contributed by atoms with E-state index in [1.807, 2.05) is 0 Å². The topological polar surface area (TPSA) is 143 Å². The number of nitroso groups, excluding NO2 is 1. The molecule has 11 heteroatoms. The van der Waals surface area contributed by atoms with Gasteiger partial charge in [0.05, 0.1) is 11.8 Å². The number of urea groups is 1. The van der Waals surface area contributed by atoms with Crippen molar-refractivity contribution in [1.82, 2.24) is 9.91 Å². The van der Waals surface area contributed by atoms with Crippen LogP contribution in [0.2, 0.25) is 0 Å². The second-order valence-electron chi connectivity index (χ2n) is 4.77. The third-order valence-corrected chi connectivity index (χ3v) is 3.36. The van der Waals surface area contributed by atoms with Crippen LogP contribution in [0.1, 0.15) is 6.92 Å². The van der Waals surface area contributed by atoms with Gasteiger partial charge in [-0.3, -0.25) is 4.90 Å². The largest absolute Gasteiger partial charge is 0.387 e. The van der Waals surface area contributed by atoms with E-state index >= 15 is 0 Å². The molecule has 21 heavy (non-hydrogen) atoms. The monoisotopic (exact) mass is 327 g/mol. The van der Waals surface area contributed by atoms with Crippen molar-refractivity contribution in [1.29, 1.82) is 0 Å². The maximum atomic E-state index is 11.9. The van der Waals surface area contributed by atoms with Gasteiger partial charge in [0.2, 0.25) is 0 Å². The summed E-state index contributed by atoms with van der Waals surface area (Å²) in [6.45, 7) is 0.928. The number of amides is 2. The predicted octanol–water partition coefficient (Wildman–Crippen LogP) is -1.59. The molecule has 0 saturated carbocycles. The van der Waals surface area contributed by atoms with Crippen molar-refractivity contribution >= 4 is 17.6 Å². The van der Waals surface area contributed by atoms with Gasteiger partial charge in [0, 0.05) is 12.9 Å². The summed E-state index contributed by atoms with van der Waals surface area (Å²) in [6.07, 6.45) is -6.48. The zero-order valence-electron chi connectivity index (χ0n) is 11.5. The molecule has 2 amide bonds. The third-order valence-electron chi connectivity index (χ3n) is 3.19. The van der Waals surface area contributed by atoms with Crippen LogP contribution in [0.25, 0.3) is 0 Å². The molecule has 0 aliphatic carbocycles. The summed E-state index contributed by atoms with van der Waals surface area (Å²) in [4.78, 5) is 23.1. The van der Waals surface area contributed by atoms with Crippen molar-refractivity contribution in [2.45, 2.75) is 37.3 Å². The van der Waals surface area contributed by atoms with Gasteiger partial charge in [0.25, 0.3) is 0 Å². The SMILES string of the molecule is CN(C(=O)N(CCCl)N=O)C(O)[C@H]1O[C@@](C)(O)[C@H](O)[C@@H]1O. The van der Waals surface area contributed by atoms with Crippen LogP contribution in [-0.4, -0.2) is 86.2 Å². The second kappa shape index (κ2) is 6.81. The average Bonchev–Trinajstić information content (AvgIpc) is 2.65. The number of ether oxygens (including phenoxy) is 1. The molecule has 0 aromatic rings. The zero-order chi connectivity index (χ0) is 16.4. The summed E-state index contributed by atoms with van der Waals surface area (Å²) in [5.74, 6) is -2.12. The fourth-order valence-corrected chi connectivity index (χ4v) is 2.08. The molecule has 0 aromatic heterocycles. The molecule has 1 aliphatic rings. The van der Waals surface area contributed by atoms with Crippen LogP contribution in [0.3, 0.4) is 0 Å². The molecule has 5 atom stereocenters. The van der Waals surface area contributed by atoms with Crippen LogP contribution in [-0.2, 0) is 4.74 Å². The van der Waals surface area contributed by atoms with Crippen molar-refractivity contribution < 1.29 is 30.0 Å². The summed E-state index contributed by atoms with van der Waals surface area (Å²) >= 11 is 5.41. The first-order valence-corrected chi connectivity index (χ1v) is 6.58. The normalized spacial score (nSPS) is 33.6. The predicted molar refractivity (Wildman–Crippen MR) is 69.9 cm³/mol. The van der Waals surface area contributed by atoms with Gasteiger partial charge in [-0.25, -0.2) is 4.79 Å². The summed E-state index contributed by atoms with van der Waals surface area (Å²) in [5, 5.41) is 41.9. The highest BCUT2D eigenvalue weighted by atomic mass is 35.5. The Bertz CT molecular complexity index is 397. The van der Waals surface area contributed by atoms with Gasteiger partial charge in [-0.2, -0.15) is 5.01 Å². The molecule has 0 spiro atoms. The van der Waals surface area contributed by atoms with E-state index < -0.39 is 36.4 Å². The first kappa shape index (κ1) is 18.0. The number of carbonyl (C=O) groups is 1. The number of halogens is 1. The van der Waals surface area contributed by atoms with Crippen molar-refractivity contribution in [2.75, 3.05) is 19.5 Å². The molecule has 1 fully saturated rings. The molecule has 122 valence electrons. The lowest BCUT2D eigenvalue weighted by Gasteiger charge is -2.31. The number of alkyl halides is 1. The molecule has 0 radical (unpaired) electrons. The molecule has 10 nitrogen and oxygen atoms in total. The van der Waals surface area contributed by atoms with Gasteiger partial charge in [0.15, 0.2) is 12.0 Å². The molecular weight excluding hydrogens is 310 g/mol. The lowest BCUT2D eigenvalue weighted by atomic mass is 10.1. The van der Waals surface area contributed by atoms with Crippen molar-refractivity contribution in [2.24, 2.45) is 5.29 Å². The number of hydrogen-bond donors (Lipinski definition) is 4. The molecule has 1 heterocycles. The lowest BCUT2D eigenvalue weighted by Crippen LogP contribution is -2.52. The van der Waals surface area contributed by atoms with E-state index in [9.17, 15) is 30.1 Å². The van der Waals surface area contributed by atoms with Gasteiger partial charge < -0.3 is 25.2 Å².